The predicted molar refractivity (Wildman–Crippen MR) is 98.4 cm³/mol. The van der Waals surface area contributed by atoms with E-state index in [1.54, 1.807) is 17.9 Å². The molecule has 2 N–H and O–H groups in total. The summed E-state index contributed by atoms with van der Waals surface area (Å²) in [5.74, 6) is 0.0827. The number of rotatable bonds is 6. The second-order valence-electron chi connectivity index (χ2n) is 6.91. The number of carbonyl (C=O) groups is 3. The first kappa shape index (κ1) is 19.4. The largest absolute Gasteiger partial charge is 0.354 e. The van der Waals surface area contributed by atoms with Crippen LogP contribution in [0.4, 0.5) is 0 Å². The van der Waals surface area contributed by atoms with Gasteiger partial charge in [0.15, 0.2) is 0 Å². The van der Waals surface area contributed by atoms with Crippen molar-refractivity contribution in [3.05, 3.63) is 22.4 Å². The molecular weight excluding hydrogens is 338 g/mol. The highest BCUT2D eigenvalue weighted by Crippen LogP contribution is 2.22. The molecule has 1 aromatic rings. The molecule has 1 fully saturated rings. The minimum atomic E-state index is -0.567. The molecule has 1 aromatic heterocycles. The van der Waals surface area contributed by atoms with Crippen LogP contribution in [0.3, 0.4) is 0 Å². The van der Waals surface area contributed by atoms with Gasteiger partial charge in [-0.05, 0) is 36.1 Å². The molecule has 0 aromatic carbocycles. The molecule has 0 spiro atoms. The minimum absolute atomic E-state index is 0.0340. The number of hydrogen-bond donors (Lipinski definition) is 2. The number of piperidine rings is 1. The maximum absolute atomic E-state index is 12.7. The van der Waals surface area contributed by atoms with Gasteiger partial charge in [0, 0.05) is 26.6 Å². The molecule has 0 saturated carbocycles. The van der Waals surface area contributed by atoms with Crippen molar-refractivity contribution >= 4 is 29.1 Å². The van der Waals surface area contributed by atoms with Crippen LogP contribution in [0.25, 0.3) is 0 Å². The normalized spacial score (nSPS) is 16.6. The van der Waals surface area contributed by atoms with Crippen LogP contribution in [-0.2, 0) is 9.59 Å². The van der Waals surface area contributed by atoms with E-state index < -0.39 is 6.04 Å². The van der Waals surface area contributed by atoms with Crippen LogP contribution < -0.4 is 10.6 Å². The second-order valence-corrected chi connectivity index (χ2v) is 7.86. The summed E-state index contributed by atoms with van der Waals surface area (Å²) in [6.45, 7) is 7.46. The topological polar surface area (TPSA) is 78.5 Å². The zero-order valence-electron chi connectivity index (χ0n) is 15.1. The predicted octanol–water partition coefficient (Wildman–Crippen LogP) is 1.88. The van der Waals surface area contributed by atoms with Gasteiger partial charge in [-0.2, -0.15) is 0 Å². The highest BCUT2D eigenvalue weighted by Gasteiger charge is 2.33. The molecular formula is C18H27N3O3S. The Kier molecular flexibility index (Phi) is 6.99. The van der Waals surface area contributed by atoms with Crippen molar-refractivity contribution in [2.24, 2.45) is 11.8 Å². The van der Waals surface area contributed by atoms with Crippen molar-refractivity contribution in [2.45, 2.75) is 39.7 Å². The van der Waals surface area contributed by atoms with Gasteiger partial charge in [-0.25, -0.2) is 0 Å². The van der Waals surface area contributed by atoms with E-state index in [2.05, 4.69) is 10.6 Å². The van der Waals surface area contributed by atoms with Gasteiger partial charge >= 0.3 is 0 Å². The van der Waals surface area contributed by atoms with Gasteiger partial charge in [-0.1, -0.05) is 19.9 Å². The molecule has 138 valence electrons. The van der Waals surface area contributed by atoms with Crippen LogP contribution >= 0.6 is 11.3 Å². The average molecular weight is 365 g/mol. The van der Waals surface area contributed by atoms with Gasteiger partial charge in [0.05, 0.1) is 4.88 Å². The quantitative estimate of drug-likeness (QED) is 0.808. The Balaban J connectivity index is 2.05. The fourth-order valence-corrected chi connectivity index (χ4v) is 3.61. The van der Waals surface area contributed by atoms with Crippen LogP contribution in [0.2, 0.25) is 0 Å². The van der Waals surface area contributed by atoms with E-state index in [1.807, 2.05) is 25.3 Å². The number of thiophene rings is 1. The van der Waals surface area contributed by atoms with Gasteiger partial charge in [0.25, 0.3) is 5.91 Å². The number of carbonyl (C=O) groups excluding carboxylic acids is 3. The number of hydrogen-bond acceptors (Lipinski definition) is 4. The van der Waals surface area contributed by atoms with Gasteiger partial charge < -0.3 is 15.5 Å². The summed E-state index contributed by atoms with van der Waals surface area (Å²) in [4.78, 5) is 39.0. The van der Waals surface area contributed by atoms with Crippen molar-refractivity contribution in [3.63, 3.8) is 0 Å². The first-order chi connectivity index (χ1) is 11.9. The van der Waals surface area contributed by atoms with Crippen molar-refractivity contribution < 1.29 is 14.4 Å². The van der Waals surface area contributed by atoms with E-state index >= 15 is 0 Å². The smallest absolute Gasteiger partial charge is 0.262 e. The van der Waals surface area contributed by atoms with Crippen LogP contribution in [0.15, 0.2) is 17.5 Å². The highest BCUT2D eigenvalue weighted by atomic mass is 32.1. The third-order valence-electron chi connectivity index (χ3n) is 4.45. The molecule has 2 heterocycles. The van der Waals surface area contributed by atoms with Crippen LogP contribution in [0.5, 0.6) is 0 Å². The summed E-state index contributed by atoms with van der Waals surface area (Å²) in [6, 6.07) is 3.00. The Morgan fingerprint density at radius 1 is 1.28 bits per heavy atom. The summed E-state index contributed by atoms with van der Waals surface area (Å²) in [6.07, 6.45) is 1.42. The maximum atomic E-state index is 12.7. The number of nitrogens with zero attached hydrogens (tertiary/aromatic N) is 1. The molecule has 1 aliphatic heterocycles. The summed E-state index contributed by atoms with van der Waals surface area (Å²) in [5, 5.41) is 7.69. The van der Waals surface area contributed by atoms with E-state index in [0.29, 0.717) is 43.3 Å². The molecule has 0 aliphatic carbocycles. The molecule has 0 bridgehead atoms. The average Bonchev–Trinajstić information content (AvgIpc) is 3.12. The van der Waals surface area contributed by atoms with Crippen molar-refractivity contribution in [2.75, 3.05) is 19.6 Å². The monoisotopic (exact) mass is 365 g/mol. The molecule has 25 heavy (non-hydrogen) atoms. The van der Waals surface area contributed by atoms with Crippen molar-refractivity contribution in [1.82, 2.24) is 15.5 Å². The van der Waals surface area contributed by atoms with Gasteiger partial charge in [-0.3, -0.25) is 14.4 Å². The third-order valence-corrected chi connectivity index (χ3v) is 5.32. The van der Waals surface area contributed by atoms with Crippen molar-refractivity contribution in [3.8, 4) is 0 Å². The summed E-state index contributed by atoms with van der Waals surface area (Å²) < 4.78 is 0. The molecule has 2 rings (SSSR count). The fraction of sp³-hybridized carbons (Fsp3) is 0.611. The molecule has 1 aliphatic rings. The van der Waals surface area contributed by atoms with Gasteiger partial charge in [0.1, 0.15) is 6.04 Å². The summed E-state index contributed by atoms with van der Waals surface area (Å²) in [5.41, 5.74) is 0. The van der Waals surface area contributed by atoms with E-state index in [9.17, 15) is 14.4 Å². The van der Waals surface area contributed by atoms with E-state index in [-0.39, 0.29) is 23.6 Å². The first-order valence-corrected chi connectivity index (χ1v) is 9.64. The number of nitrogens with one attached hydrogen (secondary N) is 2. The lowest BCUT2D eigenvalue weighted by molar-refractivity contribution is -0.130. The first-order valence-electron chi connectivity index (χ1n) is 8.76. The lowest BCUT2D eigenvalue weighted by Crippen LogP contribution is -2.54. The Labute approximate surface area is 153 Å². The SMILES string of the molecule is CC(=O)N1CCC(C(NC(=O)c2cccs2)C(=O)NCC(C)C)CC1. The Morgan fingerprint density at radius 2 is 1.96 bits per heavy atom. The van der Waals surface area contributed by atoms with Crippen LogP contribution in [-0.4, -0.2) is 48.3 Å². The molecule has 1 atom stereocenters. The summed E-state index contributed by atoms with van der Waals surface area (Å²) in [7, 11) is 0. The molecule has 3 amide bonds. The Hall–Kier alpha value is -1.89. The lowest BCUT2D eigenvalue weighted by atomic mass is 9.88. The molecule has 7 heteroatoms. The van der Waals surface area contributed by atoms with Crippen molar-refractivity contribution in [1.29, 1.82) is 0 Å². The molecule has 1 unspecified atom stereocenters. The minimum Gasteiger partial charge on any atom is -0.354 e. The number of amides is 3. The molecule has 6 nitrogen and oxygen atoms in total. The standard InChI is InChI=1S/C18H27N3O3S/c1-12(2)11-19-18(24)16(20-17(23)15-5-4-10-25-15)14-6-8-21(9-7-14)13(3)22/h4-5,10,12,14,16H,6-9,11H2,1-3H3,(H,19,24)(H,20,23). The van der Waals surface area contributed by atoms with E-state index in [1.165, 1.54) is 11.3 Å². The van der Waals surface area contributed by atoms with Gasteiger partial charge in [0.2, 0.25) is 11.8 Å². The highest BCUT2D eigenvalue weighted by molar-refractivity contribution is 7.12. The molecule has 0 radical (unpaired) electrons. The maximum Gasteiger partial charge on any atom is 0.262 e. The zero-order chi connectivity index (χ0) is 18.4. The van der Waals surface area contributed by atoms with E-state index in [0.717, 1.165) is 0 Å². The zero-order valence-corrected chi connectivity index (χ0v) is 15.9. The summed E-state index contributed by atoms with van der Waals surface area (Å²) >= 11 is 1.36. The Morgan fingerprint density at radius 3 is 2.48 bits per heavy atom. The van der Waals surface area contributed by atoms with Crippen LogP contribution in [0.1, 0.15) is 43.3 Å². The molecule has 1 saturated heterocycles. The van der Waals surface area contributed by atoms with Gasteiger partial charge in [-0.15, -0.1) is 11.3 Å². The fourth-order valence-electron chi connectivity index (χ4n) is 2.98. The second kappa shape index (κ2) is 8.99. The van der Waals surface area contributed by atoms with E-state index in [4.69, 9.17) is 0 Å². The third kappa shape index (κ3) is 5.56. The van der Waals surface area contributed by atoms with Crippen LogP contribution in [0, 0.1) is 11.8 Å². The lowest BCUT2D eigenvalue weighted by Gasteiger charge is -2.35. The Bertz CT molecular complexity index is 593. The number of likely N-dealkylation sites (tertiary alicyclic amines) is 1.